The number of hydrogen-bond donors (Lipinski definition) is 2. The fourth-order valence-corrected chi connectivity index (χ4v) is 0.400. The molecule has 0 rings (SSSR count). The Morgan fingerprint density at radius 3 is 2.92 bits per heavy atom. The van der Waals surface area contributed by atoms with Crippen LogP contribution in [0.1, 0.15) is 6.92 Å². The Morgan fingerprint density at radius 2 is 2.42 bits per heavy atom. The van der Waals surface area contributed by atoms with Gasteiger partial charge in [0.05, 0.1) is 0 Å². The smallest absolute Gasteiger partial charge is 0.339 e. The highest BCUT2D eigenvalue weighted by molar-refractivity contribution is 5.70. The molecule has 0 amide bonds. The number of hydrogen-bond acceptors (Lipinski definition) is 5. The maximum Gasteiger partial charge on any atom is 0.339 e. The summed E-state index contributed by atoms with van der Waals surface area (Å²) in [5.41, 5.74) is 0. The van der Waals surface area contributed by atoms with Gasteiger partial charge in [0.15, 0.2) is 0 Å². The third-order valence-electron chi connectivity index (χ3n) is 0.890. The van der Waals surface area contributed by atoms with Crippen molar-refractivity contribution in [3.05, 3.63) is 17.4 Å². The first kappa shape index (κ1) is 11.1. The lowest BCUT2D eigenvalue weighted by Crippen LogP contribution is -3.03. The molecule has 0 aliphatic heterocycles. The minimum atomic E-state index is -1.49. The van der Waals surface area contributed by atoms with Crippen LogP contribution in [0.4, 0.5) is 0 Å². The fourth-order valence-electron chi connectivity index (χ4n) is 0.400. The highest BCUT2D eigenvalue weighted by atomic mass is 17.1. The predicted molar refractivity (Wildman–Crippen MR) is 37.8 cm³/mol. The standard InChI is InChI=1S/C6H11NO5/c1-2-3-4-11-6(8)5-12-7(9)10/h2-3,7,9H,4-5H2,1H3/b3-2+. The van der Waals surface area contributed by atoms with E-state index in [1.165, 1.54) is 0 Å². The van der Waals surface area contributed by atoms with Crippen LogP contribution in [0.5, 0.6) is 0 Å². The first-order valence-electron chi connectivity index (χ1n) is 3.29. The van der Waals surface area contributed by atoms with E-state index in [2.05, 4.69) is 9.57 Å². The summed E-state index contributed by atoms with van der Waals surface area (Å²) >= 11 is 0. The summed E-state index contributed by atoms with van der Waals surface area (Å²) in [4.78, 5) is 14.5. The van der Waals surface area contributed by atoms with E-state index < -0.39 is 18.0 Å². The molecule has 70 valence electrons. The summed E-state index contributed by atoms with van der Waals surface area (Å²) in [6.45, 7) is 1.35. The minimum Gasteiger partial charge on any atom is -0.566 e. The van der Waals surface area contributed by atoms with Crippen molar-refractivity contribution in [2.75, 3.05) is 13.2 Å². The van der Waals surface area contributed by atoms with E-state index in [0.717, 1.165) is 0 Å². The van der Waals surface area contributed by atoms with Crippen molar-refractivity contribution in [2.45, 2.75) is 6.92 Å². The molecule has 0 bridgehead atoms. The van der Waals surface area contributed by atoms with E-state index in [4.69, 9.17) is 5.21 Å². The van der Waals surface area contributed by atoms with Crippen LogP contribution in [-0.2, 0) is 14.4 Å². The van der Waals surface area contributed by atoms with Gasteiger partial charge in [-0.25, -0.2) is 4.79 Å². The summed E-state index contributed by atoms with van der Waals surface area (Å²) in [5.74, 6) is -0.699. The lowest BCUT2D eigenvalue weighted by molar-refractivity contribution is -1.20. The van der Waals surface area contributed by atoms with Crippen LogP contribution in [-0.4, -0.2) is 24.4 Å². The first-order valence-corrected chi connectivity index (χ1v) is 3.29. The second-order valence-electron chi connectivity index (χ2n) is 1.81. The monoisotopic (exact) mass is 177 g/mol. The Bertz CT molecular complexity index is 156. The summed E-state index contributed by atoms with van der Waals surface area (Å²) in [7, 11) is 0. The average molecular weight is 177 g/mol. The zero-order valence-electron chi connectivity index (χ0n) is 6.65. The predicted octanol–water partition coefficient (Wildman–Crippen LogP) is -1.19. The lowest BCUT2D eigenvalue weighted by Gasteiger charge is -2.08. The van der Waals surface area contributed by atoms with Crippen molar-refractivity contribution in [2.24, 2.45) is 0 Å². The van der Waals surface area contributed by atoms with Gasteiger partial charge >= 0.3 is 5.97 Å². The summed E-state index contributed by atoms with van der Waals surface area (Å²) in [6.07, 6.45) is 3.34. The van der Waals surface area contributed by atoms with Gasteiger partial charge in [0.25, 0.3) is 0 Å². The highest BCUT2D eigenvalue weighted by Crippen LogP contribution is 1.79. The van der Waals surface area contributed by atoms with Gasteiger partial charge in [0.2, 0.25) is 6.61 Å². The molecule has 0 aliphatic rings. The Kier molecular flexibility index (Phi) is 6.21. The number of carbonyl (C=O) groups excluding carboxylic acids is 1. The van der Waals surface area contributed by atoms with Crippen molar-refractivity contribution >= 4 is 5.97 Å². The minimum absolute atomic E-state index is 0.137. The van der Waals surface area contributed by atoms with Crippen molar-refractivity contribution in [1.82, 2.24) is 0 Å². The number of carbonyl (C=O) groups is 1. The molecule has 0 radical (unpaired) electrons. The molecule has 1 unspecified atom stereocenters. The van der Waals surface area contributed by atoms with Crippen LogP contribution in [0.25, 0.3) is 0 Å². The summed E-state index contributed by atoms with van der Waals surface area (Å²) < 4.78 is 4.52. The molecule has 6 nitrogen and oxygen atoms in total. The number of rotatable bonds is 5. The maximum absolute atomic E-state index is 10.6. The number of nitrogens with one attached hydrogen (secondary N) is 1. The maximum atomic E-state index is 10.6. The zero-order valence-corrected chi connectivity index (χ0v) is 6.65. The van der Waals surface area contributed by atoms with Crippen LogP contribution in [0.2, 0.25) is 0 Å². The van der Waals surface area contributed by atoms with E-state index in [0.29, 0.717) is 0 Å². The van der Waals surface area contributed by atoms with Gasteiger partial charge in [-0.1, -0.05) is 17.5 Å². The molecule has 0 heterocycles. The van der Waals surface area contributed by atoms with Gasteiger partial charge in [-0.2, -0.15) is 10.0 Å². The van der Waals surface area contributed by atoms with Crippen molar-refractivity contribution in [1.29, 1.82) is 0 Å². The third-order valence-corrected chi connectivity index (χ3v) is 0.890. The second kappa shape index (κ2) is 6.74. The van der Waals surface area contributed by atoms with Gasteiger partial charge in [-0.15, -0.1) is 0 Å². The largest absolute Gasteiger partial charge is 0.566 e. The molecule has 0 aliphatic carbocycles. The second-order valence-corrected chi connectivity index (χ2v) is 1.81. The summed E-state index contributed by atoms with van der Waals surface area (Å²) in [6, 6.07) is 0. The third kappa shape index (κ3) is 7.16. The number of ether oxygens (including phenoxy) is 1. The molecular weight excluding hydrogens is 166 g/mol. The molecule has 12 heavy (non-hydrogen) atoms. The molecule has 2 N–H and O–H groups in total. The molecule has 0 saturated carbocycles. The van der Waals surface area contributed by atoms with Gasteiger partial charge in [-0.05, 0) is 6.92 Å². The summed E-state index contributed by atoms with van der Waals surface area (Å²) in [5, 5.41) is 16.3. The first-order chi connectivity index (χ1) is 5.66. The van der Waals surface area contributed by atoms with Crippen molar-refractivity contribution in [3.63, 3.8) is 0 Å². The lowest BCUT2D eigenvalue weighted by atomic mass is 10.5. The Balaban J connectivity index is 3.34. The van der Waals surface area contributed by atoms with Gasteiger partial charge < -0.3 is 9.94 Å². The van der Waals surface area contributed by atoms with Gasteiger partial charge in [-0.3, -0.25) is 0 Å². The molecule has 0 spiro atoms. The average Bonchev–Trinajstić information content (AvgIpc) is 2.01. The quantitative estimate of drug-likeness (QED) is 0.313. The van der Waals surface area contributed by atoms with Crippen LogP contribution in [0, 0.1) is 5.21 Å². The van der Waals surface area contributed by atoms with Crippen LogP contribution in [0.3, 0.4) is 0 Å². The Hall–Kier alpha value is -0.950. The van der Waals surface area contributed by atoms with Crippen LogP contribution >= 0.6 is 0 Å². The van der Waals surface area contributed by atoms with Crippen LogP contribution < -0.4 is 5.39 Å². The topological polar surface area (TPSA) is 83.3 Å². The molecule has 0 aromatic carbocycles. The Morgan fingerprint density at radius 1 is 1.75 bits per heavy atom. The Labute approximate surface area is 69.5 Å². The van der Waals surface area contributed by atoms with Crippen LogP contribution in [0.15, 0.2) is 12.2 Å². The van der Waals surface area contributed by atoms with Gasteiger partial charge in [0.1, 0.15) is 6.61 Å². The molecule has 0 fully saturated rings. The molecular formula is C6H11NO5. The molecule has 0 saturated heterocycles. The normalized spacial score (nSPS) is 13.2. The fraction of sp³-hybridized carbons (Fsp3) is 0.500. The van der Waals surface area contributed by atoms with E-state index in [1.807, 2.05) is 0 Å². The zero-order chi connectivity index (χ0) is 9.40. The molecule has 1 atom stereocenters. The van der Waals surface area contributed by atoms with E-state index >= 15 is 0 Å². The van der Waals surface area contributed by atoms with E-state index in [9.17, 15) is 10.0 Å². The molecule has 6 heteroatoms. The van der Waals surface area contributed by atoms with Crippen molar-refractivity contribution in [3.8, 4) is 0 Å². The molecule has 0 aromatic heterocycles. The van der Waals surface area contributed by atoms with Gasteiger partial charge in [0, 0.05) is 0 Å². The van der Waals surface area contributed by atoms with Crippen molar-refractivity contribution < 1.29 is 25.0 Å². The molecule has 0 aromatic rings. The number of allylic oxidation sites excluding steroid dienone is 1. The van der Waals surface area contributed by atoms with E-state index in [-0.39, 0.29) is 6.61 Å². The number of quaternary nitrogens is 1. The number of esters is 1. The highest BCUT2D eigenvalue weighted by Gasteiger charge is 2.04. The SMILES string of the molecule is C/C=C/COC(=O)CO[NH+]([O-])O. The van der Waals surface area contributed by atoms with E-state index in [1.54, 1.807) is 19.1 Å².